The summed E-state index contributed by atoms with van der Waals surface area (Å²) in [4.78, 5) is 12.6. The summed E-state index contributed by atoms with van der Waals surface area (Å²) < 4.78 is 0. The molecule has 0 aromatic rings. The predicted molar refractivity (Wildman–Crippen MR) is 58.3 cm³/mol. The maximum absolute atomic E-state index is 11.3. The summed E-state index contributed by atoms with van der Waals surface area (Å²) >= 11 is 4.68. The van der Waals surface area contributed by atoms with Crippen molar-refractivity contribution in [3.8, 4) is 0 Å². The number of nitrogens with zero attached hydrogens (tertiary/aromatic N) is 1. The molecule has 13 heavy (non-hydrogen) atoms. The standard InChI is InChI=1S/C9H18N2OS/c1-3-4-5-6-7-8(12)11(2)9(10)13/h3-7H2,1-2H3,(H2,10,13). The molecule has 0 unspecified atom stereocenters. The van der Waals surface area contributed by atoms with Crippen LogP contribution < -0.4 is 5.73 Å². The lowest BCUT2D eigenvalue weighted by Gasteiger charge is -2.14. The Hall–Kier alpha value is -0.640. The number of hydrogen-bond acceptors (Lipinski definition) is 2. The van der Waals surface area contributed by atoms with E-state index >= 15 is 0 Å². The van der Waals surface area contributed by atoms with Crippen LogP contribution in [-0.2, 0) is 4.79 Å². The Morgan fingerprint density at radius 2 is 2.00 bits per heavy atom. The van der Waals surface area contributed by atoms with Gasteiger partial charge in [0.15, 0.2) is 5.11 Å². The molecule has 2 N–H and O–H groups in total. The zero-order valence-electron chi connectivity index (χ0n) is 8.38. The van der Waals surface area contributed by atoms with Crippen LogP contribution in [0.25, 0.3) is 0 Å². The molecule has 0 aliphatic carbocycles. The van der Waals surface area contributed by atoms with E-state index in [1.165, 1.54) is 17.7 Å². The van der Waals surface area contributed by atoms with Crippen LogP contribution in [0, 0.1) is 0 Å². The molecule has 0 aliphatic rings. The van der Waals surface area contributed by atoms with Crippen molar-refractivity contribution < 1.29 is 4.79 Å². The molecule has 76 valence electrons. The Bertz CT molecular complexity index is 182. The Morgan fingerprint density at radius 3 is 2.46 bits per heavy atom. The lowest BCUT2D eigenvalue weighted by molar-refractivity contribution is -0.126. The fourth-order valence-electron chi connectivity index (χ4n) is 0.994. The number of rotatable bonds is 5. The number of carbonyl (C=O) groups excluding carboxylic acids is 1. The second-order valence-electron chi connectivity index (χ2n) is 3.10. The first-order valence-corrected chi connectivity index (χ1v) is 5.06. The van der Waals surface area contributed by atoms with Crippen molar-refractivity contribution in [1.82, 2.24) is 4.90 Å². The maximum atomic E-state index is 11.3. The molecule has 0 aliphatic heterocycles. The second kappa shape index (κ2) is 6.83. The van der Waals surface area contributed by atoms with Crippen LogP contribution in [0.15, 0.2) is 0 Å². The van der Waals surface area contributed by atoms with Crippen LogP contribution >= 0.6 is 12.2 Å². The Balaban J connectivity index is 3.56. The Morgan fingerprint density at radius 1 is 1.38 bits per heavy atom. The highest BCUT2D eigenvalue weighted by Crippen LogP contribution is 2.04. The fraction of sp³-hybridized carbons (Fsp3) is 0.778. The quantitative estimate of drug-likeness (QED) is 0.545. The first kappa shape index (κ1) is 12.4. The smallest absolute Gasteiger partial charge is 0.228 e. The van der Waals surface area contributed by atoms with Crippen LogP contribution in [0.4, 0.5) is 0 Å². The molecule has 0 spiro atoms. The minimum absolute atomic E-state index is 0.0172. The van der Waals surface area contributed by atoms with Crippen molar-refractivity contribution in [3.05, 3.63) is 0 Å². The summed E-state index contributed by atoms with van der Waals surface area (Å²) in [5.74, 6) is 0.0172. The second-order valence-corrected chi connectivity index (χ2v) is 3.52. The largest absolute Gasteiger partial charge is 0.376 e. The van der Waals surface area contributed by atoms with Gasteiger partial charge in [-0.2, -0.15) is 0 Å². The molecule has 0 saturated heterocycles. The zero-order chi connectivity index (χ0) is 10.3. The van der Waals surface area contributed by atoms with Crippen molar-refractivity contribution in [2.75, 3.05) is 7.05 Å². The van der Waals surface area contributed by atoms with Gasteiger partial charge in [-0.25, -0.2) is 0 Å². The van der Waals surface area contributed by atoms with Gasteiger partial charge in [0.2, 0.25) is 5.91 Å². The molecule has 0 radical (unpaired) electrons. The van der Waals surface area contributed by atoms with E-state index in [0.717, 1.165) is 12.8 Å². The van der Waals surface area contributed by atoms with Gasteiger partial charge in [0, 0.05) is 13.5 Å². The lowest BCUT2D eigenvalue weighted by Crippen LogP contribution is -2.36. The van der Waals surface area contributed by atoms with Gasteiger partial charge < -0.3 is 5.73 Å². The highest BCUT2D eigenvalue weighted by Gasteiger charge is 2.09. The first-order valence-electron chi connectivity index (χ1n) is 4.65. The minimum atomic E-state index is 0.0172. The van der Waals surface area contributed by atoms with Gasteiger partial charge in [-0.15, -0.1) is 0 Å². The molecule has 0 saturated carbocycles. The summed E-state index contributed by atoms with van der Waals surface area (Å²) in [6.07, 6.45) is 4.95. The topological polar surface area (TPSA) is 46.3 Å². The summed E-state index contributed by atoms with van der Waals surface area (Å²) in [7, 11) is 1.62. The van der Waals surface area contributed by atoms with Gasteiger partial charge in [0.25, 0.3) is 0 Å². The molecule has 0 fully saturated rings. The minimum Gasteiger partial charge on any atom is -0.376 e. The molecule has 1 amide bonds. The third kappa shape index (κ3) is 5.58. The van der Waals surface area contributed by atoms with Crippen molar-refractivity contribution >= 4 is 23.2 Å². The van der Waals surface area contributed by atoms with Gasteiger partial charge in [-0.05, 0) is 18.6 Å². The van der Waals surface area contributed by atoms with E-state index < -0.39 is 0 Å². The van der Waals surface area contributed by atoms with Crippen LogP contribution in [0.1, 0.15) is 39.0 Å². The van der Waals surface area contributed by atoms with Gasteiger partial charge in [0.05, 0.1) is 0 Å². The molecule has 4 heteroatoms. The predicted octanol–water partition coefficient (Wildman–Crippen LogP) is 1.66. The molecule has 0 aromatic heterocycles. The summed E-state index contributed by atoms with van der Waals surface area (Å²) in [5.41, 5.74) is 5.30. The van der Waals surface area contributed by atoms with E-state index in [2.05, 4.69) is 19.1 Å². The Kier molecular flexibility index (Phi) is 6.49. The van der Waals surface area contributed by atoms with E-state index in [9.17, 15) is 4.79 Å². The van der Waals surface area contributed by atoms with Crippen LogP contribution in [-0.4, -0.2) is 23.0 Å². The number of nitrogens with two attached hydrogens (primary N) is 1. The maximum Gasteiger partial charge on any atom is 0.228 e. The molecule has 0 bridgehead atoms. The molecule has 0 aromatic carbocycles. The van der Waals surface area contributed by atoms with E-state index in [0.29, 0.717) is 6.42 Å². The highest BCUT2D eigenvalue weighted by molar-refractivity contribution is 7.80. The van der Waals surface area contributed by atoms with Crippen LogP contribution in [0.5, 0.6) is 0 Å². The van der Waals surface area contributed by atoms with E-state index in [1.54, 1.807) is 7.05 Å². The monoisotopic (exact) mass is 202 g/mol. The van der Waals surface area contributed by atoms with Crippen molar-refractivity contribution in [3.63, 3.8) is 0 Å². The normalized spacial score (nSPS) is 9.69. The molecule has 0 atom stereocenters. The number of unbranched alkanes of at least 4 members (excludes halogenated alkanes) is 3. The van der Waals surface area contributed by atoms with E-state index in [1.807, 2.05) is 0 Å². The molecule has 0 heterocycles. The van der Waals surface area contributed by atoms with E-state index in [-0.39, 0.29) is 11.0 Å². The van der Waals surface area contributed by atoms with Gasteiger partial charge in [0.1, 0.15) is 0 Å². The third-order valence-corrected chi connectivity index (χ3v) is 2.22. The van der Waals surface area contributed by atoms with Crippen LogP contribution in [0.3, 0.4) is 0 Å². The number of amides is 1. The number of hydrogen-bond donors (Lipinski definition) is 1. The van der Waals surface area contributed by atoms with Crippen molar-refractivity contribution in [2.45, 2.75) is 39.0 Å². The van der Waals surface area contributed by atoms with Crippen LogP contribution in [0.2, 0.25) is 0 Å². The fourth-order valence-corrected chi connectivity index (χ4v) is 1.10. The summed E-state index contributed by atoms with van der Waals surface area (Å²) in [6.45, 7) is 2.14. The summed E-state index contributed by atoms with van der Waals surface area (Å²) in [6, 6.07) is 0. The molecular formula is C9H18N2OS. The molecular weight excluding hydrogens is 184 g/mol. The third-order valence-electron chi connectivity index (χ3n) is 1.95. The van der Waals surface area contributed by atoms with Gasteiger partial charge in [-0.3, -0.25) is 9.69 Å². The number of thiocarbonyl (C=S) groups is 1. The Labute approximate surface area is 85.3 Å². The SMILES string of the molecule is CCCCCCC(=O)N(C)C(N)=S. The highest BCUT2D eigenvalue weighted by atomic mass is 32.1. The van der Waals surface area contributed by atoms with Crippen molar-refractivity contribution in [2.24, 2.45) is 5.73 Å². The average molecular weight is 202 g/mol. The first-order chi connectivity index (χ1) is 6.09. The molecule has 0 rings (SSSR count). The van der Waals surface area contributed by atoms with Gasteiger partial charge in [-0.1, -0.05) is 26.2 Å². The van der Waals surface area contributed by atoms with Crippen molar-refractivity contribution in [1.29, 1.82) is 0 Å². The van der Waals surface area contributed by atoms with E-state index in [4.69, 9.17) is 5.73 Å². The summed E-state index contributed by atoms with van der Waals surface area (Å²) in [5, 5.41) is 0.153. The van der Waals surface area contributed by atoms with Gasteiger partial charge >= 0.3 is 0 Å². The molecule has 3 nitrogen and oxygen atoms in total. The zero-order valence-corrected chi connectivity index (χ0v) is 9.19. The number of carbonyl (C=O) groups is 1. The average Bonchev–Trinajstić information content (AvgIpc) is 2.10. The lowest BCUT2D eigenvalue weighted by atomic mass is 10.1.